The molecule has 0 spiro atoms. The number of hydrogen-bond acceptors (Lipinski definition) is 4. The molecule has 0 aliphatic heterocycles. The molecule has 116 valence electrons. The molecule has 0 aliphatic carbocycles. The summed E-state index contributed by atoms with van der Waals surface area (Å²) in [7, 11) is 0. The largest absolute Gasteiger partial charge is 0.465 e. The lowest BCUT2D eigenvalue weighted by Gasteiger charge is -2.07. The van der Waals surface area contributed by atoms with Gasteiger partial charge in [0.1, 0.15) is 5.82 Å². The van der Waals surface area contributed by atoms with Gasteiger partial charge in [-0.1, -0.05) is 26.0 Å². The van der Waals surface area contributed by atoms with E-state index in [1.165, 1.54) is 12.1 Å². The molecule has 5 heteroatoms. The van der Waals surface area contributed by atoms with E-state index in [1.807, 2.05) is 13.8 Å². The molecule has 0 saturated carbocycles. The highest BCUT2D eigenvalue weighted by Crippen LogP contribution is 2.04. The van der Waals surface area contributed by atoms with E-state index in [0.29, 0.717) is 13.0 Å². The first-order valence-corrected chi connectivity index (χ1v) is 7.03. The fourth-order valence-corrected chi connectivity index (χ4v) is 1.54. The molecule has 0 N–H and O–H groups in total. The van der Waals surface area contributed by atoms with Gasteiger partial charge in [0.05, 0.1) is 26.1 Å². The SMILES string of the molecule is CC(C)COC(=O)CCC(=O)OCCc1ccc(F)cc1. The molecule has 0 unspecified atom stereocenters. The van der Waals surface area contributed by atoms with Crippen LogP contribution in [0.2, 0.25) is 0 Å². The fourth-order valence-electron chi connectivity index (χ4n) is 1.54. The number of ether oxygens (including phenoxy) is 2. The summed E-state index contributed by atoms with van der Waals surface area (Å²) in [4.78, 5) is 22.8. The van der Waals surface area contributed by atoms with Crippen molar-refractivity contribution in [3.8, 4) is 0 Å². The van der Waals surface area contributed by atoms with Crippen molar-refractivity contribution in [2.24, 2.45) is 5.92 Å². The zero-order chi connectivity index (χ0) is 15.7. The molecular weight excluding hydrogens is 275 g/mol. The van der Waals surface area contributed by atoms with Crippen LogP contribution in [0.3, 0.4) is 0 Å². The Morgan fingerprint density at radius 1 is 1.05 bits per heavy atom. The Bertz CT molecular complexity index is 454. The van der Waals surface area contributed by atoms with Crippen molar-refractivity contribution in [3.63, 3.8) is 0 Å². The second kappa shape index (κ2) is 9.10. The lowest BCUT2D eigenvalue weighted by molar-refractivity contribution is -0.150. The Labute approximate surface area is 124 Å². The number of hydrogen-bond donors (Lipinski definition) is 0. The maximum atomic E-state index is 12.7. The van der Waals surface area contributed by atoms with Crippen LogP contribution < -0.4 is 0 Å². The van der Waals surface area contributed by atoms with Gasteiger partial charge in [-0.05, 0) is 23.6 Å². The summed E-state index contributed by atoms with van der Waals surface area (Å²) in [6.07, 6.45) is 0.562. The first-order chi connectivity index (χ1) is 9.97. The standard InChI is InChI=1S/C16H21FO4/c1-12(2)11-21-16(19)8-7-15(18)20-10-9-13-3-5-14(17)6-4-13/h3-6,12H,7-11H2,1-2H3. The third-order valence-corrected chi connectivity index (χ3v) is 2.68. The van der Waals surface area contributed by atoms with Crippen LogP contribution in [0.5, 0.6) is 0 Å². The van der Waals surface area contributed by atoms with Crippen LogP contribution in [-0.2, 0) is 25.5 Å². The quantitative estimate of drug-likeness (QED) is 0.692. The van der Waals surface area contributed by atoms with E-state index in [0.717, 1.165) is 5.56 Å². The number of benzene rings is 1. The summed E-state index contributed by atoms with van der Waals surface area (Å²) < 4.78 is 22.7. The monoisotopic (exact) mass is 296 g/mol. The summed E-state index contributed by atoms with van der Waals surface area (Å²) >= 11 is 0. The Morgan fingerprint density at radius 3 is 2.19 bits per heavy atom. The Kier molecular flexibility index (Phi) is 7.43. The van der Waals surface area contributed by atoms with E-state index in [-0.39, 0.29) is 37.2 Å². The van der Waals surface area contributed by atoms with Gasteiger partial charge in [0.2, 0.25) is 0 Å². The van der Waals surface area contributed by atoms with Gasteiger partial charge < -0.3 is 9.47 Å². The second-order valence-corrected chi connectivity index (χ2v) is 5.17. The maximum Gasteiger partial charge on any atom is 0.306 e. The highest BCUT2D eigenvalue weighted by molar-refractivity contribution is 5.77. The molecule has 0 aliphatic rings. The smallest absolute Gasteiger partial charge is 0.306 e. The predicted octanol–water partition coefficient (Wildman–Crippen LogP) is 2.89. The third kappa shape index (κ3) is 8.07. The van der Waals surface area contributed by atoms with Gasteiger partial charge >= 0.3 is 11.9 Å². The van der Waals surface area contributed by atoms with Crippen molar-refractivity contribution in [2.75, 3.05) is 13.2 Å². The summed E-state index contributed by atoms with van der Waals surface area (Å²) in [5.41, 5.74) is 0.889. The Balaban J connectivity index is 2.13. The molecule has 1 aromatic carbocycles. The first-order valence-electron chi connectivity index (χ1n) is 7.03. The Hall–Kier alpha value is -1.91. The van der Waals surface area contributed by atoms with Gasteiger partial charge in [0.15, 0.2) is 0 Å². The topological polar surface area (TPSA) is 52.6 Å². The number of carbonyl (C=O) groups is 2. The van der Waals surface area contributed by atoms with E-state index in [2.05, 4.69) is 0 Å². The lowest BCUT2D eigenvalue weighted by atomic mass is 10.2. The lowest BCUT2D eigenvalue weighted by Crippen LogP contribution is -2.13. The van der Waals surface area contributed by atoms with Gasteiger partial charge in [-0.2, -0.15) is 0 Å². The van der Waals surface area contributed by atoms with Crippen LogP contribution in [0.15, 0.2) is 24.3 Å². The van der Waals surface area contributed by atoms with E-state index >= 15 is 0 Å². The van der Waals surface area contributed by atoms with Crippen molar-refractivity contribution in [3.05, 3.63) is 35.6 Å². The van der Waals surface area contributed by atoms with Crippen molar-refractivity contribution in [2.45, 2.75) is 33.1 Å². The van der Waals surface area contributed by atoms with Gasteiger partial charge in [0, 0.05) is 6.42 Å². The fraction of sp³-hybridized carbons (Fsp3) is 0.500. The van der Waals surface area contributed by atoms with Gasteiger partial charge in [0.25, 0.3) is 0 Å². The van der Waals surface area contributed by atoms with Crippen molar-refractivity contribution in [1.82, 2.24) is 0 Å². The molecule has 0 bridgehead atoms. The average Bonchev–Trinajstić information content (AvgIpc) is 2.45. The number of esters is 2. The molecule has 0 saturated heterocycles. The van der Waals surface area contributed by atoms with Crippen LogP contribution in [-0.4, -0.2) is 25.2 Å². The van der Waals surface area contributed by atoms with Crippen molar-refractivity contribution >= 4 is 11.9 Å². The van der Waals surface area contributed by atoms with E-state index < -0.39 is 5.97 Å². The highest BCUT2D eigenvalue weighted by Gasteiger charge is 2.09. The van der Waals surface area contributed by atoms with Gasteiger partial charge in [-0.15, -0.1) is 0 Å². The Morgan fingerprint density at radius 2 is 1.62 bits per heavy atom. The summed E-state index contributed by atoms with van der Waals surface area (Å²) in [6, 6.07) is 6.02. The molecule has 1 aromatic rings. The molecule has 0 atom stereocenters. The first kappa shape index (κ1) is 17.1. The zero-order valence-corrected chi connectivity index (χ0v) is 12.4. The molecule has 1 rings (SSSR count). The summed E-state index contributed by atoms with van der Waals surface area (Å²) in [6.45, 7) is 4.46. The van der Waals surface area contributed by atoms with E-state index in [4.69, 9.17) is 9.47 Å². The minimum absolute atomic E-state index is 0.0142. The normalized spacial score (nSPS) is 10.5. The van der Waals surface area contributed by atoms with Crippen molar-refractivity contribution in [1.29, 1.82) is 0 Å². The van der Waals surface area contributed by atoms with Crippen LogP contribution in [0.1, 0.15) is 32.3 Å². The average molecular weight is 296 g/mol. The van der Waals surface area contributed by atoms with Crippen LogP contribution >= 0.6 is 0 Å². The van der Waals surface area contributed by atoms with Crippen molar-refractivity contribution < 1.29 is 23.5 Å². The molecule has 0 aromatic heterocycles. The van der Waals surface area contributed by atoms with Gasteiger partial charge in [-0.3, -0.25) is 9.59 Å². The molecule has 0 amide bonds. The maximum absolute atomic E-state index is 12.7. The molecule has 21 heavy (non-hydrogen) atoms. The third-order valence-electron chi connectivity index (χ3n) is 2.68. The second-order valence-electron chi connectivity index (χ2n) is 5.17. The molecule has 0 heterocycles. The molecule has 0 fully saturated rings. The minimum atomic E-state index is -0.432. The number of rotatable bonds is 8. The zero-order valence-electron chi connectivity index (χ0n) is 12.4. The van der Waals surface area contributed by atoms with Crippen LogP contribution in [0, 0.1) is 11.7 Å². The number of carbonyl (C=O) groups excluding carboxylic acids is 2. The summed E-state index contributed by atoms with van der Waals surface area (Å²) in [5, 5.41) is 0. The van der Waals surface area contributed by atoms with E-state index in [9.17, 15) is 14.0 Å². The number of halogens is 1. The predicted molar refractivity (Wildman–Crippen MR) is 76.1 cm³/mol. The minimum Gasteiger partial charge on any atom is -0.465 e. The molecular formula is C16H21FO4. The van der Waals surface area contributed by atoms with Crippen LogP contribution in [0.25, 0.3) is 0 Å². The van der Waals surface area contributed by atoms with E-state index in [1.54, 1.807) is 12.1 Å². The molecule has 0 radical (unpaired) electrons. The highest BCUT2D eigenvalue weighted by atomic mass is 19.1. The van der Waals surface area contributed by atoms with Crippen LogP contribution in [0.4, 0.5) is 4.39 Å². The van der Waals surface area contributed by atoms with Gasteiger partial charge in [-0.25, -0.2) is 4.39 Å². The molecule has 4 nitrogen and oxygen atoms in total. The summed E-state index contributed by atoms with van der Waals surface area (Å²) in [5.74, 6) is -0.843.